The van der Waals surface area contributed by atoms with Crippen molar-refractivity contribution in [3.8, 4) is 57.5 Å². The summed E-state index contributed by atoms with van der Waals surface area (Å²) in [4.78, 5) is 79.5. The van der Waals surface area contributed by atoms with E-state index in [0.717, 1.165) is 217 Å². The lowest BCUT2D eigenvalue weighted by molar-refractivity contribution is -0.148. The average molecular weight is 1840 g/mol. The zero-order chi connectivity index (χ0) is 95.6. The second-order valence-corrected chi connectivity index (χ2v) is 37.6. The lowest BCUT2D eigenvalue weighted by Gasteiger charge is -2.34. The molecule has 0 aromatic heterocycles. The van der Waals surface area contributed by atoms with Crippen molar-refractivity contribution in [3.05, 3.63) is 245 Å². The van der Waals surface area contributed by atoms with E-state index < -0.39 is 68.8 Å². The van der Waals surface area contributed by atoms with Crippen LogP contribution < -0.4 is 47.4 Å². The molecule has 4 N–H and O–H groups in total. The zero-order valence-corrected chi connectivity index (χ0v) is 78.0. The molecule has 2 aliphatic carbocycles. The normalized spacial score (nSPS) is 17.7. The van der Waals surface area contributed by atoms with Gasteiger partial charge in [0, 0.05) is 146 Å². The van der Waals surface area contributed by atoms with Crippen LogP contribution in [-0.2, 0) is 45.6 Å². The van der Waals surface area contributed by atoms with Crippen LogP contribution in [0.1, 0.15) is 206 Å². The summed E-state index contributed by atoms with van der Waals surface area (Å²) in [5.74, 6) is -0.425. The molecule has 0 atom stereocenters. The van der Waals surface area contributed by atoms with Gasteiger partial charge in [0.1, 0.15) is 60.9 Å². The Bertz CT molecular complexity index is 5720. The fourth-order valence-electron chi connectivity index (χ4n) is 19.4. The molecule has 28 heteroatoms. The molecular weight excluding hydrogens is 1730 g/mol. The maximum atomic E-state index is 14.6. The predicted octanol–water partition coefficient (Wildman–Crippen LogP) is 18.9. The van der Waals surface area contributed by atoms with Crippen LogP contribution in [0.3, 0.4) is 0 Å². The van der Waals surface area contributed by atoms with E-state index >= 15 is 0 Å². The van der Waals surface area contributed by atoms with Crippen molar-refractivity contribution in [3.63, 3.8) is 0 Å². The van der Waals surface area contributed by atoms with Crippen LogP contribution in [0.2, 0.25) is 0 Å². The number of carboxylic acids is 4. The fraction of sp³-hybridized carbons (Fsp3) is 0.415. The molecule has 8 heterocycles. The number of fused-ring (bicyclic) bond motifs is 8. The van der Waals surface area contributed by atoms with Gasteiger partial charge >= 0.3 is 23.9 Å². The molecule has 8 aliphatic heterocycles. The van der Waals surface area contributed by atoms with Gasteiger partial charge in [-0.05, 0) is 260 Å². The van der Waals surface area contributed by atoms with E-state index in [4.69, 9.17) is 47.4 Å². The van der Waals surface area contributed by atoms with Gasteiger partial charge in [-0.15, -0.1) is 0 Å². The Hall–Kier alpha value is -12.5. The Kier molecular flexibility index (Phi) is 28.7. The first kappa shape index (κ1) is 96.1. The quantitative estimate of drug-likeness (QED) is 0.0407. The highest BCUT2D eigenvalue weighted by Gasteiger charge is 2.53. The number of nitrogens with zero attached hydrogens (tertiary/aromatic N) is 4. The van der Waals surface area contributed by atoms with E-state index in [2.05, 4.69) is 19.6 Å². The first-order valence-corrected chi connectivity index (χ1v) is 45.5. The molecule has 4 saturated heterocycles. The van der Waals surface area contributed by atoms with Gasteiger partial charge in [-0.3, -0.25) is 28.8 Å². The number of piperidine rings is 4. The molecule has 708 valence electrons. The Labute approximate surface area is 777 Å². The van der Waals surface area contributed by atoms with E-state index in [0.29, 0.717) is 86.6 Å². The minimum atomic E-state index is -0.832. The third-order valence-electron chi connectivity index (χ3n) is 27.7. The third kappa shape index (κ3) is 20.6. The smallest absolute Gasteiger partial charge is 0.310 e. The van der Waals surface area contributed by atoms with Crippen LogP contribution >= 0.6 is 0 Å². The Balaban J connectivity index is 0.000000136. The summed E-state index contributed by atoms with van der Waals surface area (Å²) in [6, 6.07) is 35.3. The molecule has 2 saturated carbocycles. The van der Waals surface area contributed by atoms with Crippen LogP contribution in [0.15, 0.2) is 144 Å². The third-order valence-corrected chi connectivity index (χ3v) is 27.7. The van der Waals surface area contributed by atoms with Crippen LogP contribution in [0.4, 0.5) is 17.6 Å². The lowest BCUT2D eigenvalue weighted by Crippen LogP contribution is -2.42. The Morgan fingerprint density at radius 2 is 0.612 bits per heavy atom. The predicted molar refractivity (Wildman–Crippen MR) is 496 cm³/mol. The summed E-state index contributed by atoms with van der Waals surface area (Å²) in [5.41, 5.74) is 17.7. The van der Waals surface area contributed by atoms with Gasteiger partial charge < -0.3 is 87.4 Å². The number of ether oxygens (including phenoxy) is 10. The molecule has 18 rings (SSSR count). The highest BCUT2D eigenvalue weighted by Crippen LogP contribution is 2.53. The van der Waals surface area contributed by atoms with E-state index in [1.807, 2.05) is 54.6 Å². The molecular formula is C106H116F4N4O20. The molecule has 0 radical (unpaired) electrons. The summed E-state index contributed by atoms with van der Waals surface area (Å²) in [6.07, 6.45) is 9.18. The van der Waals surface area contributed by atoms with Crippen LogP contribution in [0, 0.1) is 44.9 Å². The van der Waals surface area contributed by atoms with Gasteiger partial charge in [0.05, 0.1) is 64.3 Å². The largest absolute Gasteiger partial charge is 0.497 e. The number of ketones is 2. The number of rotatable bonds is 20. The number of Topliss-reactive ketones (excluding diaryl/α,β-unsaturated/α-hetero) is 2. The summed E-state index contributed by atoms with van der Waals surface area (Å²) in [6.45, 7) is 19.3. The summed E-state index contributed by atoms with van der Waals surface area (Å²) in [7, 11) is 9.06. The highest BCUT2D eigenvalue weighted by atomic mass is 19.1. The molecule has 0 amide bonds. The number of carboxylic acid groups (broad SMARTS) is 4. The van der Waals surface area contributed by atoms with Crippen molar-refractivity contribution in [2.24, 2.45) is 21.7 Å². The van der Waals surface area contributed by atoms with Crippen molar-refractivity contribution in [1.29, 1.82) is 0 Å². The van der Waals surface area contributed by atoms with E-state index in [9.17, 15) is 66.8 Å². The molecule has 10 aliphatic rings. The van der Waals surface area contributed by atoms with Gasteiger partial charge in [-0.1, -0.05) is 34.4 Å². The summed E-state index contributed by atoms with van der Waals surface area (Å²) < 4.78 is 114. The number of hydrogen-bond acceptors (Lipinski definition) is 20. The zero-order valence-electron chi connectivity index (χ0n) is 78.0. The average Bonchev–Trinajstić information content (AvgIpc) is 1.51. The van der Waals surface area contributed by atoms with Crippen molar-refractivity contribution >= 4 is 57.7 Å². The van der Waals surface area contributed by atoms with Crippen molar-refractivity contribution < 1.29 is 114 Å². The Morgan fingerprint density at radius 3 is 0.896 bits per heavy atom. The number of halogens is 4. The molecule has 8 aromatic carbocycles. The fourth-order valence-corrected chi connectivity index (χ4v) is 19.4. The first-order valence-electron chi connectivity index (χ1n) is 45.5. The molecule has 0 spiro atoms. The van der Waals surface area contributed by atoms with E-state index in [1.54, 1.807) is 84.4 Å². The molecule has 8 aromatic rings. The van der Waals surface area contributed by atoms with Crippen molar-refractivity contribution in [2.45, 2.75) is 145 Å². The second kappa shape index (κ2) is 40.0. The van der Waals surface area contributed by atoms with E-state index in [1.165, 1.54) is 88.8 Å². The summed E-state index contributed by atoms with van der Waals surface area (Å²) >= 11 is 0. The van der Waals surface area contributed by atoms with E-state index in [-0.39, 0.29) is 47.8 Å². The van der Waals surface area contributed by atoms with Crippen molar-refractivity contribution in [2.75, 3.05) is 121 Å². The number of hydrogen-bond donors (Lipinski definition) is 4. The monoisotopic (exact) mass is 1840 g/mol. The van der Waals surface area contributed by atoms with Gasteiger partial charge in [-0.25, -0.2) is 17.6 Å². The first-order chi connectivity index (χ1) is 64.1. The standard InChI is InChI=1S/C27H28FNO5.C27H30FNO5.C26H28FNO5.C26H30FNO5/c1-16(30)18-3-4-23-21(11-18)25(20-13-24(33-2)22(28)12-19(20)14-34-23)17-5-9-29(10-6-17)15-27(7-8-27)26(31)32;1-16(30)18-5-6-23-21(11-18)25(20-13-24(33-4)22(28)12-19(20)14-34-23)17-7-9-29(10-8-17)15-27(2,3)26(31)32;1-31-18-3-4-19-17(11-18)14-33-22-13-21(27)23(32-2)12-20(22)24(19)16-5-9-28(10-6-16)15-26(7-8-26)25(29)30;1-26(2,25(29)30)15-28-9-7-16(8-10-28)24-19-6-5-18(31-3)11-17(19)14-33-22-13-21(27)23(32-4)12-20(22)24/h3-4,11-13H,5-10,14-15H2,1-2H3,(H,31,32);5-6,11-13H,7-10,14-15H2,1-4H3,(H,31,32);3-4,11-13H,5-10,14-15H2,1-2H3,(H,29,30);5-6,11-13H,7-10,14-15H2,1-4H3,(H,29,30). The van der Waals surface area contributed by atoms with Crippen molar-refractivity contribution in [1.82, 2.24) is 19.6 Å². The van der Waals surface area contributed by atoms with Crippen LogP contribution in [-0.4, -0.2) is 197 Å². The van der Waals surface area contributed by atoms with Gasteiger partial charge in [0.25, 0.3) is 0 Å². The number of carbonyl (C=O) groups excluding carboxylic acids is 2. The number of likely N-dealkylation sites (tertiary alicyclic amines) is 4. The Morgan fingerprint density at radius 1 is 0.336 bits per heavy atom. The topological polar surface area (TPSA) is 289 Å². The lowest BCUT2D eigenvalue weighted by atomic mass is 9.85. The number of benzene rings is 8. The number of aliphatic carboxylic acids is 4. The molecule has 0 unspecified atom stereocenters. The minimum Gasteiger partial charge on any atom is -0.497 e. The molecule has 134 heavy (non-hydrogen) atoms. The second-order valence-electron chi connectivity index (χ2n) is 37.6. The van der Waals surface area contributed by atoms with Gasteiger partial charge in [0.15, 0.2) is 57.8 Å². The summed E-state index contributed by atoms with van der Waals surface area (Å²) in [5, 5.41) is 38.1. The maximum Gasteiger partial charge on any atom is 0.310 e. The van der Waals surface area contributed by atoms with Gasteiger partial charge in [0.2, 0.25) is 0 Å². The SMILES string of the molecule is COc1cc2c(cc1F)COc1ccc(C(C)=O)cc1C2=C1CCN(CC(C)(C)C(=O)O)CC1.COc1cc2c(cc1F)COc1ccc(C(C)=O)cc1C2=C1CCN(CC2(C(=O)O)CC2)CC1.COc1ccc2c(c1)COc1cc(F)c(OC)cc1C2=C1CCN(CC(C)(C)C(=O)O)CC1.COc1ccc2c(c1)COc1cc(F)c(OC)cc1C2=C1CCN(CC2(C(=O)O)CC2)CC1. The minimum absolute atomic E-state index is 0.0356. The van der Waals surface area contributed by atoms with Gasteiger partial charge in [-0.2, -0.15) is 0 Å². The molecule has 6 fully saturated rings. The molecule has 0 bridgehead atoms. The van der Waals surface area contributed by atoms with Crippen LogP contribution in [0.25, 0.3) is 22.3 Å². The number of methoxy groups -OCH3 is 6. The highest BCUT2D eigenvalue weighted by molar-refractivity contribution is 5.99. The van der Waals surface area contributed by atoms with Crippen LogP contribution in [0.5, 0.6) is 57.5 Å². The molecule has 24 nitrogen and oxygen atoms in total. The number of carbonyl (C=O) groups is 6. The maximum absolute atomic E-state index is 14.6.